The first-order valence-electron chi connectivity index (χ1n) is 13.0. The highest BCUT2D eigenvalue weighted by Crippen LogP contribution is 2.35. The van der Waals surface area contributed by atoms with Crippen LogP contribution in [0.2, 0.25) is 0 Å². The second kappa shape index (κ2) is 11.4. The van der Waals surface area contributed by atoms with E-state index in [-0.39, 0.29) is 36.4 Å². The van der Waals surface area contributed by atoms with Crippen molar-refractivity contribution in [2.75, 3.05) is 25.5 Å². The maximum atomic E-state index is 14.5. The van der Waals surface area contributed by atoms with Crippen LogP contribution < -0.4 is 16.0 Å². The van der Waals surface area contributed by atoms with Gasteiger partial charge in [0.15, 0.2) is 0 Å². The van der Waals surface area contributed by atoms with Gasteiger partial charge in [0.1, 0.15) is 12.7 Å². The molecule has 1 amide bonds. The number of fused-ring (bicyclic) bond motifs is 1. The van der Waals surface area contributed by atoms with Crippen molar-refractivity contribution >= 4 is 33.8 Å². The molecule has 1 saturated heterocycles. The molecule has 3 N–H and O–H groups in total. The summed E-state index contributed by atoms with van der Waals surface area (Å²) in [6.45, 7) is 3.22. The van der Waals surface area contributed by atoms with Gasteiger partial charge in [-0.15, -0.1) is 11.3 Å². The maximum absolute atomic E-state index is 14.5. The Morgan fingerprint density at radius 2 is 2.10 bits per heavy atom. The Morgan fingerprint density at radius 3 is 2.83 bits per heavy atom. The Bertz CT molecular complexity index is 1530. The molecule has 0 aliphatic carbocycles. The van der Waals surface area contributed by atoms with E-state index in [2.05, 4.69) is 26.1 Å². The molecular formula is C27H30F4N6O3S. The van der Waals surface area contributed by atoms with Crippen molar-refractivity contribution in [3.8, 4) is 11.5 Å². The topological polar surface area (TPSA) is 106 Å². The normalized spacial score (nSPS) is 18.1. The number of hydrogen-bond acceptors (Lipinski definition) is 8. The van der Waals surface area contributed by atoms with Crippen LogP contribution in [-0.2, 0) is 23.4 Å². The van der Waals surface area contributed by atoms with Gasteiger partial charge in [0.05, 0.1) is 35.0 Å². The smallest absolute Gasteiger partial charge is 0.379 e. The van der Waals surface area contributed by atoms with Gasteiger partial charge < -0.3 is 29.8 Å². The SMILES string of the molecule is COC(C)(C)c1cc(C(=O)NCc2nc(-c3cc4c(N[C@H]5CCNC[C@H]5F)cccc4n3CC(F)(F)F)no2)cs1. The van der Waals surface area contributed by atoms with Crippen LogP contribution >= 0.6 is 11.3 Å². The number of benzene rings is 1. The summed E-state index contributed by atoms with van der Waals surface area (Å²) in [5.74, 6) is -0.408. The third-order valence-electron chi connectivity index (χ3n) is 7.09. The Morgan fingerprint density at radius 1 is 1.29 bits per heavy atom. The lowest BCUT2D eigenvalue weighted by atomic mass is 10.0. The number of halogens is 4. The molecular weight excluding hydrogens is 564 g/mol. The summed E-state index contributed by atoms with van der Waals surface area (Å²) in [7, 11) is 1.59. The fraction of sp³-hybridized carbons (Fsp3) is 0.444. The lowest BCUT2D eigenvalue weighted by molar-refractivity contribution is -0.139. The number of ether oxygens (including phenoxy) is 1. The van der Waals surface area contributed by atoms with Crippen molar-refractivity contribution in [3.63, 3.8) is 0 Å². The Labute approximate surface area is 237 Å². The summed E-state index contributed by atoms with van der Waals surface area (Å²) in [5.41, 5.74) is 0.778. The largest absolute Gasteiger partial charge is 0.406 e. The molecule has 1 fully saturated rings. The summed E-state index contributed by atoms with van der Waals surface area (Å²) < 4.78 is 67.1. The number of carbonyl (C=O) groups excluding carboxylic acids is 1. The molecule has 41 heavy (non-hydrogen) atoms. The number of piperidine rings is 1. The minimum absolute atomic E-state index is 0.0261. The third kappa shape index (κ3) is 6.39. The maximum Gasteiger partial charge on any atom is 0.406 e. The van der Waals surface area contributed by atoms with Gasteiger partial charge in [-0.25, -0.2) is 4.39 Å². The summed E-state index contributed by atoms with van der Waals surface area (Å²) in [6, 6.07) is 7.69. The number of thiophene rings is 1. The molecule has 220 valence electrons. The van der Waals surface area contributed by atoms with Gasteiger partial charge in [-0.2, -0.15) is 18.2 Å². The predicted octanol–water partition coefficient (Wildman–Crippen LogP) is 5.24. The highest BCUT2D eigenvalue weighted by Gasteiger charge is 2.32. The first kappa shape index (κ1) is 29.0. The van der Waals surface area contributed by atoms with Gasteiger partial charge in [-0.1, -0.05) is 11.2 Å². The van der Waals surface area contributed by atoms with E-state index >= 15 is 0 Å². The number of aromatic nitrogens is 3. The number of alkyl halides is 4. The van der Waals surface area contributed by atoms with Gasteiger partial charge in [0, 0.05) is 35.0 Å². The molecule has 0 spiro atoms. The summed E-state index contributed by atoms with van der Waals surface area (Å²) in [5, 5.41) is 14.9. The molecule has 5 rings (SSSR count). The molecule has 1 aromatic carbocycles. The summed E-state index contributed by atoms with van der Waals surface area (Å²) >= 11 is 1.39. The Hall–Kier alpha value is -3.49. The van der Waals surface area contributed by atoms with Crippen LogP contribution in [0.25, 0.3) is 22.4 Å². The fourth-order valence-corrected chi connectivity index (χ4v) is 5.68. The highest BCUT2D eigenvalue weighted by molar-refractivity contribution is 7.10. The Balaban J connectivity index is 1.39. The van der Waals surface area contributed by atoms with Crippen LogP contribution in [0.3, 0.4) is 0 Å². The van der Waals surface area contributed by atoms with Crippen molar-refractivity contribution in [2.45, 2.75) is 57.3 Å². The number of hydrogen-bond donors (Lipinski definition) is 3. The van der Waals surface area contributed by atoms with E-state index in [1.165, 1.54) is 17.4 Å². The van der Waals surface area contributed by atoms with Crippen LogP contribution in [0, 0.1) is 0 Å². The summed E-state index contributed by atoms with van der Waals surface area (Å²) in [4.78, 5) is 17.8. The van der Waals surface area contributed by atoms with Gasteiger partial charge in [0.2, 0.25) is 11.7 Å². The van der Waals surface area contributed by atoms with Crippen molar-refractivity contribution in [2.24, 2.45) is 0 Å². The van der Waals surface area contributed by atoms with Gasteiger partial charge in [0.25, 0.3) is 5.91 Å². The number of anilines is 1. The molecule has 9 nitrogen and oxygen atoms in total. The van der Waals surface area contributed by atoms with Crippen LogP contribution in [0.4, 0.5) is 23.2 Å². The lowest BCUT2D eigenvalue weighted by Crippen LogP contribution is -2.45. The van der Waals surface area contributed by atoms with Crippen LogP contribution in [0.1, 0.15) is 41.4 Å². The number of methoxy groups -OCH3 is 1. The van der Waals surface area contributed by atoms with Crippen LogP contribution in [-0.4, -0.2) is 59.2 Å². The van der Waals surface area contributed by atoms with Gasteiger partial charge in [-0.05, 0) is 51.1 Å². The summed E-state index contributed by atoms with van der Waals surface area (Å²) in [6.07, 6.45) is -5.14. The number of rotatable bonds is 9. The molecule has 1 aliphatic rings. The Kier molecular flexibility index (Phi) is 8.08. The number of nitrogens with zero attached hydrogens (tertiary/aromatic N) is 3. The van der Waals surface area contributed by atoms with E-state index in [1.807, 2.05) is 13.8 Å². The van der Waals surface area contributed by atoms with Crippen molar-refractivity contribution < 1.29 is 31.6 Å². The average Bonchev–Trinajstić information content (AvgIpc) is 3.68. The minimum atomic E-state index is -4.53. The molecule has 0 saturated carbocycles. The lowest BCUT2D eigenvalue weighted by Gasteiger charge is -2.28. The molecule has 4 aromatic rings. The first-order valence-corrected chi connectivity index (χ1v) is 13.9. The van der Waals surface area contributed by atoms with E-state index in [1.54, 1.807) is 36.8 Å². The molecule has 0 bridgehead atoms. The van der Waals surface area contributed by atoms with E-state index in [9.17, 15) is 22.4 Å². The third-order valence-corrected chi connectivity index (χ3v) is 8.33. The molecule has 2 atom stereocenters. The average molecular weight is 595 g/mol. The zero-order chi connectivity index (χ0) is 29.4. The zero-order valence-electron chi connectivity index (χ0n) is 22.6. The van der Waals surface area contributed by atoms with E-state index < -0.39 is 30.5 Å². The van der Waals surface area contributed by atoms with Gasteiger partial charge >= 0.3 is 6.18 Å². The highest BCUT2D eigenvalue weighted by atomic mass is 32.1. The van der Waals surface area contributed by atoms with E-state index in [4.69, 9.17) is 9.26 Å². The molecule has 1 aliphatic heterocycles. The molecule has 4 heterocycles. The van der Waals surface area contributed by atoms with Gasteiger partial charge in [-0.3, -0.25) is 4.79 Å². The standard InChI is InChI=1S/C27H30F4N6O3S/c1-26(2,39-3)22-9-15(13-41-22)25(38)33-12-23-35-24(36-40-23)21-10-16-18(34-19-7-8-32-11-17(19)28)5-4-6-20(16)37(21)14-27(29,30)31/h4-6,9-10,13,17,19,32,34H,7-8,11-12,14H2,1-3H3,(H,33,38)/t17-,19+/m1/s1. The predicted molar refractivity (Wildman–Crippen MR) is 147 cm³/mol. The van der Waals surface area contributed by atoms with Crippen molar-refractivity contribution in [1.82, 2.24) is 25.3 Å². The van der Waals surface area contributed by atoms with Crippen LogP contribution in [0.15, 0.2) is 40.2 Å². The second-order valence-corrected chi connectivity index (χ2v) is 11.2. The quantitative estimate of drug-likeness (QED) is 0.228. The molecule has 14 heteroatoms. The fourth-order valence-electron chi connectivity index (χ4n) is 4.69. The van der Waals surface area contributed by atoms with Crippen molar-refractivity contribution in [1.29, 1.82) is 0 Å². The molecule has 0 radical (unpaired) electrons. The zero-order valence-corrected chi connectivity index (χ0v) is 23.5. The number of amides is 1. The van der Waals surface area contributed by atoms with Crippen LogP contribution in [0.5, 0.6) is 0 Å². The second-order valence-electron chi connectivity index (χ2n) is 10.3. The minimum Gasteiger partial charge on any atom is -0.379 e. The van der Waals surface area contributed by atoms with E-state index in [0.29, 0.717) is 35.1 Å². The van der Waals surface area contributed by atoms with E-state index in [0.717, 1.165) is 9.44 Å². The monoisotopic (exact) mass is 594 g/mol. The first-order chi connectivity index (χ1) is 19.4. The number of nitrogens with one attached hydrogen (secondary N) is 3. The van der Waals surface area contributed by atoms with Crippen molar-refractivity contribution in [3.05, 3.63) is 52.0 Å². The molecule has 3 aromatic heterocycles. The molecule has 0 unspecified atom stereocenters. The number of carbonyl (C=O) groups is 1.